The van der Waals surface area contributed by atoms with Crippen LogP contribution in [0.2, 0.25) is 5.02 Å². The number of hydrogen-bond donors (Lipinski definition) is 1. The van der Waals surface area contributed by atoms with Gasteiger partial charge in [-0.15, -0.1) is 0 Å². The number of fused-ring (bicyclic) bond motifs is 1. The molecule has 0 bridgehead atoms. The van der Waals surface area contributed by atoms with Crippen molar-refractivity contribution >= 4 is 34.8 Å². The van der Waals surface area contributed by atoms with Crippen LogP contribution in [0, 0.1) is 0 Å². The van der Waals surface area contributed by atoms with Gasteiger partial charge in [-0.2, -0.15) is 0 Å². The second-order valence-electron chi connectivity index (χ2n) is 5.92. The van der Waals surface area contributed by atoms with Crippen LogP contribution in [0.15, 0.2) is 65.1 Å². The predicted octanol–water partition coefficient (Wildman–Crippen LogP) is 5.33. The van der Waals surface area contributed by atoms with E-state index in [2.05, 4.69) is 4.98 Å². The second-order valence-corrected chi connectivity index (χ2v) is 6.36. The number of hydrogen-bond acceptors (Lipinski definition) is 4. The number of carbonyl (C=O) groups excluding carboxylic acids is 1. The molecule has 132 valence electrons. The Hall–Kier alpha value is -3.44. The number of carboxylic acids is 1. The zero-order chi connectivity index (χ0) is 19.0. The highest BCUT2D eigenvalue weighted by atomic mass is 35.5. The van der Waals surface area contributed by atoms with Gasteiger partial charge in [0.15, 0.2) is 12.0 Å². The lowest BCUT2D eigenvalue weighted by molar-refractivity contribution is 0.0699. The highest BCUT2D eigenvalue weighted by Crippen LogP contribution is 2.30. The zero-order valence-electron chi connectivity index (χ0n) is 13.8. The van der Waals surface area contributed by atoms with Crippen molar-refractivity contribution in [2.75, 3.05) is 0 Å². The number of benzene rings is 2. The van der Waals surface area contributed by atoms with Gasteiger partial charge in [-0.3, -0.25) is 4.79 Å². The first-order valence-corrected chi connectivity index (χ1v) is 8.42. The molecule has 0 fully saturated rings. The fourth-order valence-corrected chi connectivity index (χ4v) is 3.10. The topological polar surface area (TPSA) is 80.4 Å². The summed E-state index contributed by atoms with van der Waals surface area (Å²) in [6.07, 6.45) is 0.641. The van der Waals surface area contributed by atoms with Gasteiger partial charge in [0.25, 0.3) is 0 Å². The number of pyridine rings is 1. The molecule has 0 saturated carbocycles. The van der Waals surface area contributed by atoms with Crippen molar-refractivity contribution in [1.29, 1.82) is 0 Å². The highest BCUT2D eigenvalue weighted by Gasteiger charge is 2.14. The summed E-state index contributed by atoms with van der Waals surface area (Å²) in [6, 6.07) is 17.1. The van der Waals surface area contributed by atoms with Crippen molar-refractivity contribution < 1.29 is 19.1 Å². The summed E-state index contributed by atoms with van der Waals surface area (Å²) in [7, 11) is 0. The normalized spacial score (nSPS) is 10.9. The van der Waals surface area contributed by atoms with Gasteiger partial charge >= 0.3 is 5.97 Å². The van der Waals surface area contributed by atoms with Crippen LogP contribution >= 0.6 is 11.6 Å². The van der Waals surface area contributed by atoms with E-state index in [9.17, 15) is 14.7 Å². The summed E-state index contributed by atoms with van der Waals surface area (Å²) in [4.78, 5) is 27.1. The van der Waals surface area contributed by atoms with Crippen LogP contribution < -0.4 is 0 Å². The monoisotopic (exact) mass is 377 g/mol. The summed E-state index contributed by atoms with van der Waals surface area (Å²) >= 11 is 6.00. The minimum atomic E-state index is -1.05. The molecule has 2 aromatic carbocycles. The number of rotatable bonds is 4. The third kappa shape index (κ3) is 3.20. The van der Waals surface area contributed by atoms with Crippen molar-refractivity contribution in [2.24, 2.45) is 0 Å². The molecular weight excluding hydrogens is 366 g/mol. The zero-order valence-corrected chi connectivity index (χ0v) is 14.6. The Bertz CT molecular complexity index is 1200. The molecule has 6 heteroatoms. The van der Waals surface area contributed by atoms with Crippen LogP contribution in [0.1, 0.15) is 20.9 Å². The number of aromatic nitrogens is 1. The first-order chi connectivity index (χ1) is 13.0. The standard InChI is InChI=1S/C21H12ClNO4/c22-14-4-6-18-16(9-14)17(21(25)26)10-19(23-18)12-2-1-3-13(8-12)20-7-5-15(11-24)27-20/h1-11H,(H,25,26). The molecule has 0 aliphatic heterocycles. The summed E-state index contributed by atoms with van der Waals surface area (Å²) in [5.74, 6) is -0.266. The Morgan fingerprint density at radius 2 is 1.85 bits per heavy atom. The molecule has 2 aromatic heterocycles. The number of nitrogens with zero attached hydrogens (tertiary/aromatic N) is 1. The Kier molecular flexibility index (Phi) is 4.22. The number of aromatic carboxylic acids is 1. The van der Waals surface area contributed by atoms with Crippen LogP contribution in [0.5, 0.6) is 0 Å². The maximum atomic E-state index is 11.7. The lowest BCUT2D eigenvalue weighted by atomic mass is 10.0. The minimum absolute atomic E-state index is 0.129. The lowest BCUT2D eigenvalue weighted by Gasteiger charge is -2.08. The average Bonchev–Trinajstić information content (AvgIpc) is 3.16. The van der Waals surface area contributed by atoms with Crippen molar-refractivity contribution in [3.63, 3.8) is 0 Å². The minimum Gasteiger partial charge on any atom is -0.478 e. The van der Waals surface area contributed by atoms with Crippen LogP contribution in [0.3, 0.4) is 0 Å². The fourth-order valence-electron chi connectivity index (χ4n) is 2.93. The van der Waals surface area contributed by atoms with Gasteiger partial charge in [0.2, 0.25) is 0 Å². The molecule has 4 aromatic rings. The van der Waals surface area contributed by atoms with E-state index in [1.54, 1.807) is 30.3 Å². The molecular formula is C21H12ClNO4. The van der Waals surface area contributed by atoms with Crippen molar-refractivity contribution in [1.82, 2.24) is 4.98 Å². The molecule has 0 aliphatic carbocycles. The van der Waals surface area contributed by atoms with Crippen LogP contribution in [-0.4, -0.2) is 22.3 Å². The largest absolute Gasteiger partial charge is 0.478 e. The summed E-state index contributed by atoms with van der Waals surface area (Å²) in [6.45, 7) is 0. The van der Waals surface area contributed by atoms with E-state index in [0.717, 1.165) is 11.1 Å². The van der Waals surface area contributed by atoms with Crippen molar-refractivity contribution in [3.05, 3.63) is 77.0 Å². The molecule has 1 N–H and O–H groups in total. The quantitative estimate of drug-likeness (QED) is 0.486. The Morgan fingerprint density at radius 3 is 2.59 bits per heavy atom. The second kappa shape index (κ2) is 6.70. The number of aldehydes is 1. The van der Waals surface area contributed by atoms with Crippen LogP contribution in [-0.2, 0) is 0 Å². The van der Waals surface area contributed by atoms with Crippen molar-refractivity contribution in [2.45, 2.75) is 0 Å². The first-order valence-electron chi connectivity index (χ1n) is 8.04. The van der Waals surface area contributed by atoms with Gasteiger partial charge in [-0.1, -0.05) is 29.8 Å². The van der Waals surface area contributed by atoms with Gasteiger partial charge in [0.05, 0.1) is 16.8 Å². The summed E-state index contributed by atoms with van der Waals surface area (Å²) in [5, 5.41) is 10.5. The molecule has 0 amide bonds. The molecule has 4 rings (SSSR count). The van der Waals surface area contributed by atoms with Gasteiger partial charge in [-0.25, -0.2) is 9.78 Å². The first kappa shape index (κ1) is 17.0. The third-order valence-electron chi connectivity index (χ3n) is 4.19. The van der Waals surface area contributed by atoms with Crippen LogP contribution in [0.4, 0.5) is 0 Å². The molecule has 2 heterocycles. The van der Waals surface area contributed by atoms with Crippen molar-refractivity contribution in [3.8, 4) is 22.6 Å². The molecule has 0 unspecified atom stereocenters. The maximum Gasteiger partial charge on any atom is 0.336 e. The van der Waals surface area contributed by atoms with E-state index >= 15 is 0 Å². The Balaban J connectivity index is 1.87. The molecule has 5 nitrogen and oxygen atoms in total. The molecule has 0 aliphatic rings. The predicted molar refractivity (Wildman–Crippen MR) is 102 cm³/mol. The van der Waals surface area contributed by atoms with E-state index in [0.29, 0.717) is 33.7 Å². The molecule has 0 atom stereocenters. The Labute approximate surface area is 158 Å². The summed E-state index contributed by atoms with van der Waals surface area (Å²) in [5.41, 5.74) is 2.68. The number of halogens is 1. The summed E-state index contributed by atoms with van der Waals surface area (Å²) < 4.78 is 5.46. The van der Waals surface area contributed by atoms with Gasteiger partial charge in [0.1, 0.15) is 5.76 Å². The fraction of sp³-hybridized carbons (Fsp3) is 0. The molecule has 27 heavy (non-hydrogen) atoms. The average molecular weight is 378 g/mol. The van der Waals surface area contributed by atoms with Gasteiger partial charge in [-0.05, 0) is 42.5 Å². The third-order valence-corrected chi connectivity index (χ3v) is 4.42. The molecule has 0 saturated heterocycles. The van der Waals surface area contributed by atoms with E-state index in [1.165, 1.54) is 6.07 Å². The smallest absolute Gasteiger partial charge is 0.336 e. The van der Waals surface area contributed by atoms with Crippen LogP contribution in [0.25, 0.3) is 33.5 Å². The van der Waals surface area contributed by atoms with E-state index in [-0.39, 0.29) is 11.3 Å². The van der Waals surface area contributed by atoms with E-state index in [1.807, 2.05) is 24.3 Å². The molecule has 0 radical (unpaired) electrons. The number of furan rings is 1. The highest BCUT2D eigenvalue weighted by molar-refractivity contribution is 6.31. The number of carboxylic acid groups (broad SMARTS) is 1. The Morgan fingerprint density at radius 1 is 1.04 bits per heavy atom. The van der Waals surface area contributed by atoms with E-state index < -0.39 is 5.97 Å². The maximum absolute atomic E-state index is 11.7. The SMILES string of the molecule is O=Cc1ccc(-c2cccc(-c3cc(C(=O)O)c4cc(Cl)ccc4n3)c2)o1. The van der Waals surface area contributed by atoms with E-state index in [4.69, 9.17) is 16.0 Å². The van der Waals surface area contributed by atoms with Gasteiger partial charge < -0.3 is 9.52 Å². The molecule has 0 spiro atoms. The van der Waals surface area contributed by atoms with Gasteiger partial charge in [0, 0.05) is 21.5 Å². The lowest BCUT2D eigenvalue weighted by Crippen LogP contribution is -2.00. The number of carbonyl (C=O) groups is 2.